The lowest BCUT2D eigenvalue weighted by Gasteiger charge is -2.36. The molecule has 0 radical (unpaired) electrons. The second-order valence-electron chi connectivity index (χ2n) is 23.1. The summed E-state index contributed by atoms with van der Waals surface area (Å²) < 4.78 is 10.6. The summed E-state index contributed by atoms with van der Waals surface area (Å²) in [5.41, 5.74) is 28.3. The highest BCUT2D eigenvalue weighted by Gasteiger charge is 2.41. The maximum atomic E-state index is 13.8. The highest BCUT2D eigenvalue weighted by molar-refractivity contribution is 8.00. The molecule has 8 aromatic rings. The number of hydrogen-bond donors (Lipinski definition) is 6. The van der Waals surface area contributed by atoms with Crippen molar-refractivity contribution in [1.29, 1.82) is 0 Å². The van der Waals surface area contributed by atoms with E-state index in [4.69, 9.17) is 23.3 Å². The molecule has 5 amide bonds. The first-order valence-electron chi connectivity index (χ1n) is 33.2. The minimum Gasteiger partial charge on any atom is -0.449 e. The zero-order valence-corrected chi connectivity index (χ0v) is 56.5. The quantitative estimate of drug-likeness (QED) is 0.0223. The topological polar surface area (TPSA) is 243 Å². The highest BCUT2D eigenvalue weighted by atomic mass is 32.2. The van der Waals surface area contributed by atoms with Gasteiger partial charge in [0, 0.05) is 31.6 Å². The van der Waals surface area contributed by atoms with Crippen molar-refractivity contribution in [1.82, 2.24) is 16.0 Å². The van der Waals surface area contributed by atoms with E-state index in [0.717, 1.165) is 55.6 Å². The first-order chi connectivity index (χ1) is 46.5. The summed E-state index contributed by atoms with van der Waals surface area (Å²) in [5, 5.41) is 8.25. The van der Waals surface area contributed by atoms with Crippen LogP contribution in [0.1, 0.15) is 139 Å². The van der Waals surface area contributed by atoms with Gasteiger partial charge in [0.15, 0.2) is 11.6 Å². The molecule has 504 valence electrons. The van der Waals surface area contributed by atoms with Gasteiger partial charge in [-0.05, 0) is 81.3 Å². The number of nitrogens with one attached hydrogen (secondary N) is 3. The van der Waals surface area contributed by atoms with Crippen LogP contribution < -0.4 is 33.2 Å². The monoisotopic (exact) mass is 1330 g/mol. The predicted octanol–water partition coefficient (Wildman–Crippen LogP) is 14.1. The van der Waals surface area contributed by atoms with Gasteiger partial charge < -0.3 is 37.9 Å². The Bertz CT molecular complexity index is 3540. The lowest BCUT2D eigenvalue weighted by atomic mass is 9.84. The van der Waals surface area contributed by atoms with Gasteiger partial charge in [-0.15, -0.1) is 23.5 Å². The van der Waals surface area contributed by atoms with Gasteiger partial charge >= 0.3 is 6.09 Å². The van der Waals surface area contributed by atoms with Gasteiger partial charge in [0.2, 0.25) is 23.6 Å². The van der Waals surface area contributed by atoms with Crippen molar-refractivity contribution in [3.05, 3.63) is 275 Å². The van der Waals surface area contributed by atoms with Crippen LogP contribution in [-0.2, 0) is 43.0 Å². The summed E-state index contributed by atoms with van der Waals surface area (Å²) in [7, 11) is 0. The second-order valence-corrected chi connectivity index (χ2v) is 25.6. The number of nitrogens with two attached hydrogens (primary N) is 3. The first kappa shape index (κ1) is 74.3. The first-order valence-corrected chi connectivity index (χ1v) is 34.5. The van der Waals surface area contributed by atoms with E-state index >= 15 is 0 Å². The standard InChI is InChI=1S/C46H47N3O5S.C31H37N3O3S.C2H6.CH4/c1-3-40(48-44(52)41(4-2)49-45(53)54-29-39-37-26-16-14-24-35(37)36-25-15-17-27-38(36)39)42(50)28-31(43(47)51)30-55-46(32-18-8-5-9-19-32,33-20-10-6-11-21-33)34-22-12-7-13-23-34;1-3-26(32)30(37)34-27(4-2)28(35)20-22(29(33)36)21-38-31(23-14-8-5-9-15-23,24-16-10-6-11-17-24)25-18-12-7-13-19-25;1-2;/h5-27,31,39-41H,3-4,28-30H2,1-2H3,(H2,47,51)(H,48,52)(H,49,53);5-19,22,26-27H,3-4,20-21,32H2,1-2H3,(H2,33,36)(H,34,37);1-2H3;1H4/t31-,40-,41-;22-,26-,27-;;/m00../s1/i;;1D;. The number of thioether (sulfide) groups is 2. The van der Waals surface area contributed by atoms with Crippen molar-refractivity contribution in [3.8, 4) is 11.1 Å². The smallest absolute Gasteiger partial charge is 0.407 e. The summed E-state index contributed by atoms with van der Waals surface area (Å²) >= 11 is 3.15. The number of hydrogen-bond acceptors (Lipinski definition) is 11. The lowest BCUT2D eigenvalue weighted by molar-refractivity contribution is -0.131. The van der Waals surface area contributed by atoms with Crippen LogP contribution in [0.2, 0.25) is 0 Å². The van der Waals surface area contributed by atoms with Crippen LogP contribution in [0.25, 0.3) is 11.1 Å². The molecule has 0 bridgehead atoms. The molecular weight excluding hydrogens is 1240 g/mol. The van der Waals surface area contributed by atoms with Crippen LogP contribution >= 0.6 is 23.5 Å². The van der Waals surface area contributed by atoms with Gasteiger partial charge in [-0.25, -0.2) is 4.79 Å². The van der Waals surface area contributed by atoms with E-state index in [9.17, 15) is 33.6 Å². The fourth-order valence-electron chi connectivity index (χ4n) is 11.9. The number of primary amides is 2. The molecular formula is C80H94N6O8S2. The molecule has 0 saturated carbocycles. The second kappa shape index (κ2) is 37.9. The van der Waals surface area contributed by atoms with E-state index in [1.165, 1.54) is 0 Å². The van der Waals surface area contributed by atoms with Gasteiger partial charge in [0.05, 0.1) is 39.5 Å². The Kier molecular flexibility index (Phi) is 29.3. The molecule has 0 aromatic heterocycles. The summed E-state index contributed by atoms with van der Waals surface area (Å²) in [5.74, 6) is -3.60. The third-order valence-electron chi connectivity index (χ3n) is 17.1. The van der Waals surface area contributed by atoms with Crippen molar-refractivity contribution in [2.24, 2.45) is 29.0 Å². The highest BCUT2D eigenvalue weighted by Crippen LogP contribution is 2.51. The van der Waals surface area contributed by atoms with Crippen LogP contribution in [0.3, 0.4) is 0 Å². The zero-order chi connectivity index (χ0) is 69.0. The lowest BCUT2D eigenvalue weighted by Crippen LogP contribution is -2.51. The molecule has 6 atom stereocenters. The van der Waals surface area contributed by atoms with Crippen LogP contribution in [0.5, 0.6) is 0 Å². The molecule has 8 aromatic carbocycles. The van der Waals surface area contributed by atoms with Crippen LogP contribution in [0, 0.1) is 11.8 Å². The third-order valence-corrected chi connectivity index (χ3v) is 20.6. The van der Waals surface area contributed by atoms with Gasteiger partial charge in [-0.2, -0.15) is 0 Å². The van der Waals surface area contributed by atoms with Crippen LogP contribution in [0.15, 0.2) is 231 Å². The van der Waals surface area contributed by atoms with Crippen molar-refractivity contribution >= 4 is 64.8 Å². The number of benzene rings is 8. The maximum absolute atomic E-state index is 13.8. The Balaban J connectivity index is 0.000000310. The average Bonchev–Trinajstić information content (AvgIpc) is 1.04. The van der Waals surface area contributed by atoms with E-state index in [2.05, 4.69) is 101 Å². The molecule has 96 heavy (non-hydrogen) atoms. The molecule has 0 unspecified atom stereocenters. The van der Waals surface area contributed by atoms with Gasteiger partial charge in [0.1, 0.15) is 12.6 Å². The fourth-order valence-corrected chi connectivity index (χ4v) is 15.2. The number of ether oxygens (including phenoxy) is 1. The van der Waals surface area contributed by atoms with Crippen molar-refractivity contribution in [3.63, 3.8) is 0 Å². The van der Waals surface area contributed by atoms with Crippen molar-refractivity contribution in [2.75, 3.05) is 18.1 Å². The Morgan fingerprint density at radius 1 is 0.448 bits per heavy atom. The maximum Gasteiger partial charge on any atom is 0.407 e. The summed E-state index contributed by atoms with van der Waals surface area (Å²) in [6, 6.07) is 73.6. The predicted molar refractivity (Wildman–Crippen MR) is 391 cm³/mol. The summed E-state index contributed by atoms with van der Waals surface area (Å²) in [6.45, 7) is 9.60. The Hall–Kier alpha value is -9.09. The summed E-state index contributed by atoms with van der Waals surface area (Å²) in [6.07, 6.45) is 0.532. The molecule has 14 nitrogen and oxygen atoms in total. The Labute approximate surface area is 577 Å². The molecule has 1 aliphatic carbocycles. The van der Waals surface area contributed by atoms with Crippen LogP contribution in [0.4, 0.5) is 4.79 Å². The van der Waals surface area contributed by atoms with E-state index in [1.54, 1.807) is 44.3 Å². The minimum absolute atomic E-state index is 0. The molecule has 1 aliphatic rings. The molecule has 0 spiro atoms. The van der Waals surface area contributed by atoms with Crippen molar-refractivity contribution < 1.29 is 39.7 Å². The van der Waals surface area contributed by atoms with E-state index in [0.29, 0.717) is 31.9 Å². The number of Topliss-reactive ketones (excluding diaryl/α,β-unsaturated/α-hetero) is 2. The summed E-state index contributed by atoms with van der Waals surface area (Å²) in [4.78, 5) is 91.4. The van der Waals surface area contributed by atoms with E-state index in [1.807, 2.05) is 159 Å². The van der Waals surface area contributed by atoms with Gasteiger partial charge in [0.25, 0.3) is 0 Å². The number of alkyl carbamates (subject to hydrolysis) is 1. The molecule has 0 fully saturated rings. The Morgan fingerprint density at radius 2 is 0.740 bits per heavy atom. The van der Waals surface area contributed by atoms with Gasteiger partial charge in [-0.3, -0.25) is 28.8 Å². The molecule has 0 aliphatic heterocycles. The Morgan fingerprint density at radius 3 is 1.03 bits per heavy atom. The molecule has 0 heterocycles. The van der Waals surface area contributed by atoms with E-state index < -0.39 is 69.3 Å². The molecule has 16 heteroatoms. The van der Waals surface area contributed by atoms with E-state index in [-0.39, 0.29) is 62.4 Å². The average molecular weight is 1330 g/mol. The third kappa shape index (κ3) is 18.9. The zero-order valence-electron chi connectivity index (χ0n) is 55.9. The number of ketones is 2. The number of carbonyl (C=O) groups excluding carboxylic acids is 7. The number of carbonyl (C=O) groups is 7. The molecule has 9 N–H and O–H groups in total. The van der Waals surface area contributed by atoms with Crippen molar-refractivity contribution in [2.45, 2.75) is 127 Å². The van der Waals surface area contributed by atoms with Gasteiger partial charge in [-0.1, -0.05) is 279 Å². The number of rotatable bonds is 31. The number of fused-ring (bicyclic) bond motifs is 3. The fraction of sp³-hybridized carbons (Fsp3) is 0.312. The minimum atomic E-state index is -0.928. The largest absolute Gasteiger partial charge is 0.449 e. The van der Waals surface area contributed by atoms with Crippen LogP contribution in [-0.4, -0.2) is 83.6 Å². The normalized spacial score (nSPS) is 13.5. The molecule has 0 saturated heterocycles. The molecule has 9 rings (SSSR count). The SMILES string of the molecule is C.CC[C@H](NC(=O)[C@@H](N)CC)C(=O)C[C@@H](CSC(c1ccccc1)(c1ccccc1)c1ccccc1)C(N)=O.CC[C@H](NC(=O)[C@H](CC)NC(=O)OCC1c2ccccc2-c2ccccc21)C(=O)C[C@@H](CSC(c1ccccc1)(c1ccccc1)c1ccccc1)C(N)=O.[2H]CC. The number of amides is 5.